The largest absolute Gasteiger partial charge is 0.506 e. The zero-order valence-electron chi connectivity index (χ0n) is 15.8. The van der Waals surface area contributed by atoms with Gasteiger partial charge in [-0.05, 0) is 44.0 Å². The van der Waals surface area contributed by atoms with Crippen LogP contribution in [0.4, 0.5) is 0 Å². The molecule has 0 saturated heterocycles. The van der Waals surface area contributed by atoms with Crippen molar-refractivity contribution in [3.8, 4) is 5.75 Å². The predicted octanol–water partition coefficient (Wildman–Crippen LogP) is 6.35. The van der Waals surface area contributed by atoms with Gasteiger partial charge in [0.1, 0.15) is 5.75 Å². The summed E-state index contributed by atoms with van der Waals surface area (Å²) in [6.07, 6.45) is 0. The van der Waals surface area contributed by atoms with E-state index < -0.39 is 0 Å². The Kier molecular flexibility index (Phi) is 5.57. The van der Waals surface area contributed by atoms with Crippen molar-refractivity contribution in [3.05, 3.63) is 101 Å². The number of aromatic hydroxyl groups is 1. The van der Waals surface area contributed by atoms with Gasteiger partial charge >= 0.3 is 0 Å². The van der Waals surface area contributed by atoms with Crippen LogP contribution in [0.2, 0.25) is 5.02 Å². The lowest BCUT2D eigenvalue weighted by molar-refractivity contribution is 0.468. The molecule has 0 unspecified atom stereocenters. The Morgan fingerprint density at radius 1 is 0.778 bits per heavy atom. The number of phenolic OH excluding ortho intramolecular Hbond substituents is 1. The Bertz CT molecular complexity index is 900. The summed E-state index contributed by atoms with van der Waals surface area (Å²) in [5.74, 6) is 0.0790. The number of nitrogens with one attached hydrogen (secondary N) is 1. The summed E-state index contributed by atoms with van der Waals surface area (Å²) in [5.41, 5.74) is 4.46. The Morgan fingerprint density at radius 3 is 1.78 bits per heavy atom. The second-order valence-corrected chi connectivity index (χ2v) is 7.90. The van der Waals surface area contributed by atoms with Crippen molar-refractivity contribution in [3.63, 3.8) is 0 Å². The van der Waals surface area contributed by atoms with Crippen molar-refractivity contribution >= 4 is 22.9 Å². The molecule has 0 fully saturated rings. The molecule has 0 amide bonds. The fourth-order valence-corrected chi connectivity index (χ4v) is 3.20. The molecule has 3 aromatic rings. The molecule has 3 aromatic carbocycles. The molecule has 0 heterocycles. The molecule has 0 aliphatic heterocycles. The van der Waals surface area contributed by atoms with Crippen molar-refractivity contribution in [2.45, 2.75) is 26.3 Å². The summed E-state index contributed by atoms with van der Waals surface area (Å²) >= 11 is 6.23. The summed E-state index contributed by atoms with van der Waals surface area (Å²) in [6.45, 7) is 6.30. The highest BCUT2D eigenvalue weighted by atomic mass is 35.5. The minimum Gasteiger partial charge on any atom is -0.506 e. The Hall–Kier alpha value is -2.71. The Labute approximate surface area is 166 Å². The molecule has 0 aliphatic carbocycles. The first kappa shape index (κ1) is 19.1. The van der Waals surface area contributed by atoms with Gasteiger partial charge in [0, 0.05) is 16.7 Å². The normalized spacial score (nSPS) is 11.1. The van der Waals surface area contributed by atoms with Crippen LogP contribution in [0.5, 0.6) is 5.75 Å². The monoisotopic (exact) mass is 377 g/mol. The Balaban J connectivity index is 2.38. The van der Waals surface area contributed by atoms with Gasteiger partial charge in [0.15, 0.2) is 0 Å². The van der Waals surface area contributed by atoms with Gasteiger partial charge in [-0.15, -0.1) is 0 Å². The quantitative estimate of drug-likeness (QED) is 0.519. The van der Waals surface area contributed by atoms with Crippen LogP contribution < -0.4 is 5.32 Å². The number of hydrogen-bond donors (Lipinski definition) is 2. The molecule has 0 atom stereocenters. The van der Waals surface area contributed by atoms with Gasteiger partial charge in [0.25, 0.3) is 0 Å². The van der Waals surface area contributed by atoms with Crippen molar-refractivity contribution in [2.75, 3.05) is 0 Å². The lowest BCUT2D eigenvalue weighted by atomic mass is 9.91. The number of phenols is 1. The number of para-hydroxylation sites is 1. The number of hydrogen-bond acceptors (Lipinski definition) is 2. The average molecular weight is 378 g/mol. The van der Waals surface area contributed by atoms with E-state index in [9.17, 15) is 5.11 Å². The molecule has 0 saturated carbocycles. The summed E-state index contributed by atoms with van der Waals surface area (Å²) in [5, 5.41) is 14.6. The van der Waals surface area contributed by atoms with Crippen LogP contribution in [-0.2, 0) is 0 Å². The fourth-order valence-electron chi connectivity index (χ4n) is 3.02. The smallest absolute Gasteiger partial charge is 0.143 e. The predicted molar refractivity (Wildman–Crippen MR) is 115 cm³/mol. The second kappa shape index (κ2) is 7.89. The second-order valence-electron chi connectivity index (χ2n) is 7.49. The molecular formula is C24H24ClNO. The van der Waals surface area contributed by atoms with Crippen molar-refractivity contribution in [1.29, 1.82) is 0 Å². The fraction of sp³-hybridized carbons (Fsp3) is 0.167. The van der Waals surface area contributed by atoms with Crippen LogP contribution in [0.15, 0.2) is 78.9 Å². The molecule has 0 radical (unpaired) electrons. The molecule has 3 heteroatoms. The molecule has 2 nitrogen and oxygen atoms in total. The molecule has 0 aliphatic rings. The van der Waals surface area contributed by atoms with E-state index in [1.807, 2.05) is 48.5 Å². The summed E-state index contributed by atoms with van der Waals surface area (Å²) < 4.78 is 0. The highest BCUT2D eigenvalue weighted by Gasteiger charge is 2.22. The topological polar surface area (TPSA) is 32.3 Å². The highest BCUT2D eigenvalue weighted by Crippen LogP contribution is 2.38. The summed E-state index contributed by atoms with van der Waals surface area (Å²) in [7, 11) is 0. The van der Waals surface area contributed by atoms with Gasteiger partial charge < -0.3 is 10.4 Å². The molecule has 0 bridgehead atoms. The van der Waals surface area contributed by atoms with Crippen LogP contribution in [-0.4, -0.2) is 10.6 Å². The maximum atomic E-state index is 10.7. The molecule has 2 N–H and O–H groups in total. The van der Waals surface area contributed by atoms with Gasteiger partial charge in [-0.25, -0.2) is 0 Å². The van der Waals surface area contributed by atoms with Crippen molar-refractivity contribution in [2.24, 2.45) is 0 Å². The maximum Gasteiger partial charge on any atom is 0.143 e. The summed E-state index contributed by atoms with van der Waals surface area (Å²) in [6, 6.07) is 25.8. The van der Waals surface area contributed by atoms with E-state index in [0.717, 1.165) is 22.4 Å². The van der Waals surface area contributed by atoms with Gasteiger partial charge in [-0.2, -0.15) is 0 Å². The molecule has 138 valence electrons. The number of halogens is 1. The van der Waals surface area contributed by atoms with Crippen LogP contribution in [0.1, 0.15) is 37.5 Å². The van der Waals surface area contributed by atoms with Gasteiger partial charge in [-0.1, -0.05) is 78.3 Å². The zero-order chi connectivity index (χ0) is 19.4. The molecule has 0 spiro atoms. The average Bonchev–Trinajstić information content (AvgIpc) is 2.64. The lowest BCUT2D eigenvalue weighted by Crippen LogP contribution is -2.35. The van der Waals surface area contributed by atoms with E-state index in [0.29, 0.717) is 10.6 Å². The first-order valence-corrected chi connectivity index (χ1v) is 9.36. The SMILES string of the molecule is CC(C)(C)NC(=C(c1ccccc1)c1ccccc1)c1cccc(Cl)c1O. The third kappa shape index (κ3) is 4.53. The minimum absolute atomic E-state index is 0.0790. The maximum absolute atomic E-state index is 10.7. The van der Waals surface area contributed by atoms with E-state index in [4.69, 9.17) is 11.6 Å². The standard InChI is InChI=1S/C24H24ClNO/c1-24(2,3)26-22(19-15-10-16-20(25)23(19)27)21(17-11-6-4-7-12-17)18-13-8-5-9-14-18/h4-16,26-27H,1-3H3. The highest BCUT2D eigenvalue weighted by molar-refractivity contribution is 6.32. The van der Waals surface area contributed by atoms with Crippen LogP contribution >= 0.6 is 11.6 Å². The third-order valence-corrected chi connectivity index (χ3v) is 4.44. The van der Waals surface area contributed by atoms with Gasteiger partial charge in [0.2, 0.25) is 0 Å². The number of rotatable bonds is 4. The van der Waals surface area contributed by atoms with Crippen molar-refractivity contribution < 1.29 is 5.11 Å². The van der Waals surface area contributed by atoms with Crippen LogP contribution in [0.25, 0.3) is 11.3 Å². The molecule has 27 heavy (non-hydrogen) atoms. The number of benzene rings is 3. The van der Waals surface area contributed by atoms with Crippen LogP contribution in [0.3, 0.4) is 0 Å². The van der Waals surface area contributed by atoms with E-state index in [1.165, 1.54) is 0 Å². The zero-order valence-corrected chi connectivity index (χ0v) is 16.6. The van der Waals surface area contributed by atoms with E-state index >= 15 is 0 Å². The van der Waals surface area contributed by atoms with E-state index in [1.54, 1.807) is 6.07 Å². The first-order chi connectivity index (χ1) is 12.9. The van der Waals surface area contributed by atoms with Crippen molar-refractivity contribution in [1.82, 2.24) is 5.32 Å². The third-order valence-electron chi connectivity index (χ3n) is 4.13. The lowest BCUT2D eigenvalue weighted by Gasteiger charge is -2.28. The Morgan fingerprint density at radius 2 is 1.30 bits per heavy atom. The first-order valence-electron chi connectivity index (χ1n) is 8.98. The summed E-state index contributed by atoms with van der Waals surface area (Å²) in [4.78, 5) is 0. The van der Waals surface area contributed by atoms with Gasteiger partial charge in [-0.3, -0.25) is 0 Å². The molecule has 0 aromatic heterocycles. The molecular weight excluding hydrogens is 354 g/mol. The van der Waals surface area contributed by atoms with E-state index in [2.05, 4.69) is 50.4 Å². The molecule has 3 rings (SSSR count). The van der Waals surface area contributed by atoms with Gasteiger partial charge in [0.05, 0.1) is 10.7 Å². The van der Waals surface area contributed by atoms with Crippen LogP contribution in [0, 0.1) is 0 Å². The minimum atomic E-state index is -0.209. The van der Waals surface area contributed by atoms with E-state index in [-0.39, 0.29) is 11.3 Å².